The van der Waals surface area contributed by atoms with E-state index in [4.69, 9.17) is 14.2 Å². The summed E-state index contributed by atoms with van der Waals surface area (Å²) in [5.41, 5.74) is 1.55. The maximum absolute atomic E-state index is 13.8. The molecule has 0 saturated heterocycles. The molecule has 0 saturated carbocycles. The van der Waals surface area contributed by atoms with E-state index >= 15 is 0 Å². The molecule has 0 spiro atoms. The molecule has 5 heteroatoms. The van der Waals surface area contributed by atoms with E-state index in [1.807, 2.05) is 6.08 Å². The Bertz CT molecular complexity index is 670. The van der Waals surface area contributed by atoms with Gasteiger partial charge in [-0.3, -0.25) is 0 Å². The van der Waals surface area contributed by atoms with Crippen LogP contribution in [0.4, 0.5) is 4.39 Å². The average molecular weight is 304 g/mol. The number of ether oxygens (including phenoxy) is 3. The van der Waals surface area contributed by atoms with Crippen molar-refractivity contribution in [1.29, 1.82) is 0 Å². The van der Waals surface area contributed by atoms with E-state index in [1.165, 1.54) is 21.3 Å². The second-order valence-corrected chi connectivity index (χ2v) is 4.50. The van der Waals surface area contributed by atoms with Crippen LogP contribution in [0.2, 0.25) is 0 Å². The van der Waals surface area contributed by atoms with Crippen molar-refractivity contribution >= 4 is 12.2 Å². The lowest BCUT2D eigenvalue weighted by Gasteiger charge is -2.08. The van der Waals surface area contributed by atoms with Crippen LogP contribution in [0.5, 0.6) is 23.0 Å². The lowest BCUT2D eigenvalue weighted by Crippen LogP contribution is -1.94. The first kappa shape index (κ1) is 15.7. The van der Waals surface area contributed by atoms with Gasteiger partial charge in [-0.2, -0.15) is 4.39 Å². The maximum atomic E-state index is 13.8. The first-order chi connectivity index (χ1) is 10.6. The molecule has 22 heavy (non-hydrogen) atoms. The van der Waals surface area contributed by atoms with Crippen molar-refractivity contribution in [3.63, 3.8) is 0 Å². The minimum Gasteiger partial charge on any atom is -0.504 e. The van der Waals surface area contributed by atoms with Crippen molar-refractivity contribution < 1.29 is 23.7 Å². The SMILES string of the molecule is COc1cc(/C=C/c2cc(OC)c(F)c(OC)c2)ccc1O. The maximum Gasteiger partial charge on any atom is 0.206 e. The molecule has 0 unspecified atom stereocenters. The molecule has 0 aliphatic carbocycles. The molecular weight excluding hydrogens is 287 g/mol. The van der Waals surface area contributed by atoms with Crippen molar-refractivity contribution in [2.45, 2.75) is 0 Å². The minimum atomic E-state index is -0.534. The number of rotatable bonds is 5. The fourth-order valence-electron chi connectivity index (χ4n) is 1.98. The molecule has 1 N–H and O–H groups in total. The molecule has 2 rings (SSSR count). The molecule has 0 amide bonds. The predicted octanol–water partition coefficient (Wildman–Crippen LogP) is 3.73. The fraction of sp³-hybridized carbons (Fsp3) is 0.176. The highest BCUT2D eigenvalue weighted by Crippen LogP contribution is 2.30. The quantitative estimate of drug-likeness (QED) is 0.855. The molecule has 2 aromatic rings. The van der Waals surface area contributed by atoms with Crippen LogP contribution in [0.25, 0.3) is 12.2 Å². The minimum absolute atomic E-state index is 0.0739. The van der Waals surface area contributed by atoms with Crippen LogP contribution in [0.1, 0.15) is 11.1 Å². The third kappa shape index (κ3) is 3.31. The topological polar surface area (TPSA) is 47.9 Å². The zero-order valence-electron chi connectivity index (χ0n) is 12.6. The second-order valence-electron chi connectivity index (χ2n) is 4.50. The van der Waals surface area contributed by atoms with Gasteiger partial charge in [0, 0.05) is 0 Å². The van der Waals surface area contributed by atoms with Gasteiger partial charge in [-0.1, -0.05) is 18.2 Å². The molecule has 0 heterocycles. The number of aromatic hydroxyl groups is 1. The van der Waals surface area contributed by atoms with Crippen molar-refractivity contribution in [3.8, 4) is 23.0 Å². The summed E-state index contributed by atoms with van der Waals surface area (Å²) in [5, 5.41) is 9.56. The van der Waals surface area contributed by atoms with Crippen LogP contribution in [0.15, 0.2) is 30.3 Å². The second kappa shape index (κ2) is 6.85. The number of hydrogen-bond acceptors (Lipinski definition) is 4. The average Bonchev–Trinajstić information content (AvgIpc) is 2.54. The van der Waals surface area contributed by atoms with Crippen molar-refractivity contribution in [1.82, 2.24) is 0 Å². The monoisotopic (exact) mass is 304 g/mol. The summed E-state index contributed by atoms with van der Waals surface area (Å²) in [6, 6.07) is 8.14. The highest BCUT2D eigenvalue weighted by molar-refractivity contribution is 5.72. The Balaban J connectivity index is 2.33. The predicted molar refractivity (Wildman–Crippen MR) is 83.1 cm³/mol. The van der Waals surface area contributed by atoms with Crippen LogP contribution in [0, 0.1) is 5.82 Å². The molecule has 2 aromatic carbocycles. The van der Waals surface area contributed by atoms with Crippen LogP contribution >= 0.6 is 0 Å². The zero-order valence-corrected chi connectivity index (χ0v) is 12.6. The first-order valence-corrected chi connectivity index (χ1v) is 6.55. The van der Waals surface area contributed by atoms with Gasteiger partial charge < -0.3 is 19.3 Å². The van der Waals surface area contributed by atoms with E-state index < -0.39 is 5.82 Å². The Morgan fingerprint density at radius 2 is 1.32 bits per heavy atom. The van der Waals surface area contributed by atoms with E-state index in [0.717, 1.165) is 11.1 Å². The largest absolute Gasteiger partial charge is 0.504 e. The highest BCUT2D eigenvalue weighted by atomic mass is 19.1. The van der Waals surface area contributed by atoms with Gasteiger partial charge in [0.15, 0.2) is 23.0 Å². The molecule has 0 aliphatic rings. The van der Waals surface area contributed by atoms with Gasteiger partial charge in [-0.25, -0.2) is 0 Å². The molecule has 116 valence electrons. The Hall–Kier alpha value is -2.69. The number of methoxy groups -OCH3 is 3. The Morgan fingerprint density at radius 1 is 0.818 bits per heavy atom. The van der Waals surface area contributed by atoms with Gasteiger partial charge in [0.2, 0.25) is 5.82 Å². The van der Waals surface area contributed by atoms with Gasteiger partial charge in [0.25, 0.3) is 0 Å². The summed E-state index contributed by atoms with van der Waals surface area (Å²) >= 11 is 0. The van der Waals surface area contributed by atoms with Gasteiger partial charge in [0.05, 0.1) is 21.3 Å². The summed E-state index contributed by atoms with van der Waals surface area (Å²) in [6.07, 6.45) is 3.60. The normalized spacial score (nSPS) is 10.7. The van der Waals surface area contributed by atoms with Crippen molar-refractivity contribution in [3.05, 3.63) is 47.3 Å². The van der Waals surface area contributed by atoms with Crippen molar-refractivity contribution in [2.24, 2.45) is 0 Å². The summed E-state index contributed by atoms with van der Waals surface area (Å²) in [6.45, 7) is 0. The van der Waals surface area contributed by atoms with Gasteiger partial charge >= 0.3 is 0 Å². The molecule has 0 aliphatic heterocycles. The molecule has 0 bridgehead atoms. The van der Waals surface area contributed by atoms with E-state index in [0.29, 0.717) is 5.75 Å². The summed E-state index contributed by atoms with van der Waals surface area (Å²) in [4.78, 5) is 0. The van der Waals surface area contributed by atoms with Crippen molar-refractivity contribution in [2.75, 3.05) is 21.3 Å². The van der Waals surface area contributed by atoms with Gasteiger partial charge in [0.1, 0.15) is 0 Å². The third-order valence-electron chi connectivity index (χ3n) is 3.14. The van der Waals surface area contributed by atoms with Gasteiger partial charge in [-0.05, 0) is 35.4 Å². The molecule has 4 nitrogen and oxygen atoms in total. The van der Waals surface area contributed by atoms with E-state index in [-0.39, 0.29) is 17.2 Å². The molecule has 0 aromatic heterocycles. The number of halogens is 1. The van der Waals surface area contributed by atoms with Crippen LogP contribution in [-0.4, -0.2) is 26.4 Å². The molecule has 0 fully saturated rings. The highest BCUT2D eigenvalue weighted by Gasteiger charge is 2.10. The number of phenols is 1. The van der Waals surface area contributed by atoms with Gasteiger partial charge in [-0.15, -0.1) is 0 Å². The molecular formula is C17H17FO4. The fourth-order valence-corrected chi connectivity index (χ4v) is 1.98. The van der Waals surface area contributed by atoms with E-state index in [9.17, 15) is 9.50 Å². The van der Waals surface area contributed by atoms with Crippen LogP contribution in [-0.2, 0) is 0 Å². The summed E-state index contributed by atoms with van der Waals surface area (Å²) in [5.74, 6) is 0.152. The number of phenolic OH excluding ortho intramolecular Hbond substituents is 1. The smallest absolute Gasteiger partial charge is 0.206 e. The van der Waals surface area contributed by atoms with Crippen LogP contribution in [0.3, 0.4) is 0 Å². The standard InChI is InChI=1S/C17H17FO4/c1-20-14-8-11(6-7-13(14)19)4-5-12-9-15(21-2)17(18)16(10-12)22-3/h4-10,19H,1-3H3/b5-4+. The lowest BCUT2D eigenvalue weighted by molar-refractivity contribution is 0.350. The summed E-state index contributed by atoms with van der Waals surface area (Å²) < 4.78 is 28.9. The molecule has 0 atom stereocenters. The van der Waals surface area contributed by atoms with E-state index in [1.54, 1.807) is 36.4 Å². The summed E-state index contributed by atoms with van der Waals surface area (Å²) in [7, 11) is 4.28. The lowest BCUT2D eigenvalue weighted by atomic mass is 10.1. The Kier molecular flexibility index (Phi) is 4.88. The molecule has 0 radical (unpaired) electrons. The van der Waals surface area contributed by atoms with E-state index in [2.05, 4.69) is 0 Å². The number of benzene rings is 2. The Labute approximate surface area is 128 Å². The van der Waals surface area contributed by atoms with Crippen LogP contribution < -0.4 is 14.2 Å². The Morgan fingerprint density at radius 3 is 1.86 bits per heavy atom. The third-order valence-corrected chi connectivity index (χ3v) is 3.14. The number of hydrogen-bond donors (Lipinski definition) is 1. The zero-order chi connectivity index (χ0) is 16.1. The first-order valence-electron chi connectivity index (χ1n) is 6.55.